The molecule has 3 heterocycles. The number of hydrogen-bond donors (Lipinski definition) is 3. The van der Waals surface area contributed by atoms with Crippen LogP contribution in [0.4, 0.5) is 20.3 Å². The number of aromatic nitrogens is 1. The third-order valence-electron chi connectivity index (χ3n) is 6.21. The molecule has 0 radical (unpaired) electrons. The van der Waals surface area contributed by atoms with Crippen molar-refractivity contribution in [2.24, 2.45) is 0 Å². The van der Waals surface area contributed by atoms with E-state index >= 15 is 0 Å². The van der Waals surface area contributed by atoms with Crippen LogP contribution in [0, 0.1) is 11.6 Å². The molecule has 9 heteroatoms. The van der Waals surface area contributed by atoms with Gasteiger partial charge >= 0.3 is 0 Å². The van der Waals surface area contributed by atoms with Crippen molar-refractivity contribution in [3.8, 4) is 17.2 Å². The first kappa shape index (κ1) is 19.9. The number of halogens is 2. The summed E-state index contributed by atoms with van der Waals surface area (Å²) in [7, 11) is 0. The number of carbonyl (C=O) groups excluding carboxylic acids is 1. The number of amides is 1. The van der Waals surface area contributed by atoms with Crippen molar-refractivity contribution in [3.63, 3.8) is 0 Å². The lowest BCUT2D eigenvalue weighted by Gasteiger charge is -2.19. The smallest absolute Gasteiger partial charge is 0.225 e. The highest BCUT2D eigenvalue weighted by molar-refractivity contribution is 5.93. The molecule has 2 aliphatic heterocycles. The molecule has 3 atom stereocenters. The average Bonchev–Trinajstić information content (AvgIpc) is 3.33. The van der Waals surface area contributed by atoms with Gasteiger partial charge in [-0.15, -0.1) is 0 Å². The maximum absolute atomic E-state index is 13.8. The number of pyridine rings is 1. The van der Waals surface area contributed by atoms with Crippen molar-refractivity contribution >= 4 is 17.4 Å². The van der Waals surface area contributed by atoms with E-state index in [1.165, 1.54) is 12.1 Å². The van der Waals surface area contributed by atoms with Gasteiger partial charge < -0.3 is 20.1 Å². The number of hydrogen-bond acceptors (Lipinski definition) is 6. The molecule has 1 fully saturated rings. The summed E-state index contributed by atoms with van der Waals surface area (Å²) in [6, 6.07) is 11.1. The Hall–Kier alpha value is -3.72. The summed E-state index contributed by atoms with van der Waals surface area (Å²) in [5, 5.41) is 9.03. The van der Waals surface area contributed by atoms with E-state index in [0.717, 1.165) is 22.9 Å². The Morgan fingerprint density at radius 2 is 2.06 bits per heavy atom. The second-order valence-electron chi connectivity index (χ2n) is 8.30. The fraction of sp³-hybridized carbons (Fsp3) is 0.250. The Balaban J connectivity index is 1.12. The molecule has 3 aromatic rings. The Kier molecular flexibility index (Phi) is 4.65. The molecule has 168 valence electrons. The number of rotatable bonds is 6. The maximum Gasteiger partial charge on any atom is 0.225 e. The first-order valence-corrected chi connectivity index (χ1v) is 10.8. The molecule has 7 nitrogen and oxygen atoms in total. The minimum Gasteiger partial charge on any atom is -0.488 e. The Labute approximate surface area is 188 Å². The van der Waals surface area contributed by atoms with E-state index in [1.54, 1.807) is 12.3 Å². The lowest BCUT2D eigenvalue weighted by Crippen LogP contribution is -2.28. The Morgan fingerprint density at radius 1 is 1.15 bits per heavy atom. The average molecular weight is 450 g/mol. The van der Waals surface area contributed by atoms with Gasteiger partial charge in [-0.25, -0.2) is 13.8 Å². The van der Waals surface area contributed by atoms with Crippen LogP contribution in [0.15, 0.2) is 48.7 Å². The van der Waals surface area contributed by atoms with Crippen LogP contribution in [-0.2, 0) is 11.2 Å². The molecule has 1 amide bonds. The fourth-order valence-electron chi connectivity index (χ4n) is 4.52. The van der Waals surface area contributed by atoms with E-state index < -0.39 is 11.6 Å². The monoisotopic (exact) mass is 450 g/mol. The number of nitrogens with zero attached hydrogens (tertiary/aromatic N) is 1. The highest BCUT2D eigenvalue weighted by atomic mass is 19.1. The van der Waals surface area contributed by atoms with Crippen LogP contribution in [0.3, 0.4) is 0 Å². The van der Waals surface area contributed by atoms with Crippen molar-refractivity contribution in [2.45, 2.75) is 30.9 Å². The predicted octanol–water partition coefficient (Wildman–Crippen LogP) is 3.92. The van der Waals surface area contributed by atoms with Gasteiger partial charge in [-0.1, -0.05) is 0 Å². The number of fused-ring (bicyclic) bond motifs is 4. The molecule has 3 unspecified atom stereocenters. The van der Waals surface area contributed by atoms with Crippen molar-refractivity contribution in [1.29, 1.82) is 0 Å². The summed E-state index contributed by atoms with van der Waals surface area (Å²) in [6.45, 7) is 0.323. The minimum atomic E-state index is -0.631. The molecule has 2 aromatic carbocycles. The topological polar surface area (TPSA) is 84.5 Å². The van der Waals surface area contributed by atoms with Gasteiger partial charge in [-0.05, 0) is 42.8 Å². The quantitative estimate of drug-likeness (QED) is 0.494. The van der Waals surface area contributed by atoms with Crippen LogP contribution in [-0.4, -0.2) is 29.7 Å². The second kappa shape index (κ2) is 7.70. The van der Waals surface area contributed by atoms with Gasteiger partial charge in [-0.3, -0.25) is 10.1 Å². The van der Waals surface area contributed by atoms with Crippen molar-refractivity contribution in [3.05, 3.63) is 71.4 Å². The van der Waals surface area contributed by atoms with Gasteiger partial charge in [0.1, 0.15) is 40.8 Å². The standard InChI is InChI=1S/C24H20F2N4O3/c25-12-1-4-17(16(26)9-12)28-11-29-22-21-15-10-13(2-5-18(15)33-23(21)22)32-19-7-8-27-24-14(19)3-6-20(31)30-24/h1-2,4-5,7-10,21-23,28-29H,3,6,11H2,(H,27,30,31). The SMILES string of the molecule is O=C1CCc2c(Oc3ccc4c(c3)C3C(NCNc5ccc(F)cc5F)C3O4)ccnc2N1. The molecule has 33 heavy (non-hydrogen) atoms. The Bertz CT molecular complexity index is 1270. The van der Waals surface area contributed by atoms with Gasteiger partial charge in [-0.2, -0.15) is 0 Å². The molecule has 1 saturated carbocycles. The largest absolute Gasteiger partial charge is 0.488 e. The van der Waals surface area contributed by atoms with Crippen LogP contribution in [0.5, 0.6) is 17.2 Å². The molecule has 0 bridgehead atoms. The highest BCUT2D eigenvalue weighted by Crippen LogP contribution is 2.54. The summed E-state index contributed by atoms with van der Waals surface area (Å²) in [5.74, 6) is 1.62. The zero-order chi connectivity index (χ0) is 22.5. The summed E-state index contributed by atoms with van der Waals surface area (Å²) in [4.78, 5) is 15.9. The molecular formula is C24H20F2N4O3. The highest BCUT2D eigenvalue weighted by Gasteiger charge is 2.58. The van der Waals surface area contributed by atoms with E-state index in [2.05, 4.69) is 20.9 Å². The summed E-state index contributed by atoms with van der Waals surface area (Å²) < 4.78 is 39.0. The lowest BCUT2D eigenvalue weighted by atomic mass is 10.1. The summed E-state index contributed by atoms with van der Waals surface area (Å²) >= 11 is 0. The number of carbonyl (C=O) groups is 1. The van der Waals surface area contributed by atoms with Gasteiger partial charge in [0.05, 0.1) is 18.4 Å². The first-order chi connectivity index (χ1) is 16.1. The van der Waals surface area contributed by atoms with Crippen molar-refractivity contribution in [1.82, 2.24) is 10.3 Å². The normalized spacial score (nSPS) is 21.9. The fourth-order valence-corrected chi connectivity index (χ4v) is 4.52. The maximum atomic E-state index is 13.8. The van der Waals surface area contributed by atoms with Gasteiger partial charge in [0.15, 0.2) is 0 Å². The molecule has 0 saturated heterocycles. The molecule has 3 aliphatic rings. The lowest BCUT2D eigenvalue weighted by molar-refractivity contribution is -0.116. The summed E-state index contributed by atoms with van der Waals surface area (Å²) in [5.41, 5.74) is 2.18. The van der Waals surface area contributed by atoms with Crippen molar-refractivity contribution in [2.75, 3.05) is 17.3 Å². The van der Waals surface area contributed by atoms with Gasteiger partial charge in [0.2, 0.25) is 5.91 Å². The number of ether oxygens (including phenoxy) is 2. The van der Waals surface area contributed by atoms with Crippen LogP contribution in [0.1, 0.15) is 23.5 Å². The molecule has 3 N–H and O–H groups in total. The second-order valence-corrected chi connectivity index (χ2v) is 8.30. The molecular weight excluding hydrogens is 430 g/mol. The Morgan fingerprint density at radius 3 is 2.94 bits per heavy atom. The van der Waals surface area contributed by atoms with Crippen LogP contribution in [0.25, 0.3) is 0 Å². The van der Waals surface area contributed by atoms with E-state index in [1.807, 2.05) is 18.2 Å². The molecule has 1 aromatic heterocycles. The van der Waals surface area contributed by atoms with Crippen LogP contribution in [0.2, 0.25) is 0 Å². The molecule has 1 aliphatic carbocycles. The number of nitrogens with one attached hydrogen (secondary N) is 3. The number of anilines is 2. The first-order valence-electron chi connectivity index (χ1n) is 10.8. The molecule has 6 rings (SSSR count). The summed E-state index contributed by atoms with van der Waals surface area (Å²) in [6.07, 6.45) is 2.61. The third-order valence-corrected chi connectivity index (χ3v) is 6.21. The van der Waals surface area contributed by atoms with E-state index in [0.29, 0.717) is 36.8 Å². The van der Waals surface area contributed by atoms with Crippen LogP contribution >= 0.6 is 0 Å². The van der Waals surface area contributed by atoms with Gasteiger partial charge in [0, 0.05) is 35.7 Å². The van der Waals surface area contributed by atoms with E-state index in [9.17, 15) is 13.6 Å². The van der Waals surface area contributed by atoms with E-state index in [4.69, 9.17) is 9.47 Å². The predicted molar refractivity (Wildman–Crippen MR) is 117 cm³/mol. The van der Waals surface area contributed by atoms with Gasteiger partial charge in [0.25, 0.3) is 0 Å². The third kappa shape index (κ3) is 3.64. The zero-order valence-electron chi connectivity index (χ0n) is 17.4. The van der Waals surface area contributed by atoms with Crippen molar-refractivity contribution < 1.29 is 23.0 Å². The zero-order valence-corrected chi connectivity index (χ0v) is 17.4. The number of benzene rings is 2. The van der Waals surface area contributed by atoms with E-state index in [-0.39, 0.29) is 29.7 Å². The minimum absolute atomic E-state index is 0.0130. The van der Waals surface area contributed by atoms with Crippen LogP contribution < -0.4 is 25.4 Å². The molecule has 0 spiro atoms.